The number of carbonyl (C=O) groups excluding carboxylic acids is 1. The van der Waals surface area contributed by atoms with Crippen LogP contribution in [0.1, 0.15) is 46.1 Å². The van der Waals surface area contributed by atoms with Crippen molar-refractivity contribution in [1.29, 1.82) is 0 Å². The Balaban J connectivity index is 0.00000220. The second-order valence-electron chi connectivity index (χ2n) is 5.79. The van der Waals surface area contributed by atoms with Crippen molar-refractivity contribution >= 4 is 17.4 Å². The Hall–Kier alpha value is -1.16. The third-order valence-electron chi connectivity index (χ3n) is 4.25. The number of benzene rings is 1. The molecule has 1 aliphatic heterocycles. The minimum absolute atomic E-state index is 0. The van der Waals surface area contributed by atoms with Gasteiger partial charge >= 0.3 is 5.97 Å². The number of para-hydroxylation sites is 1. The van der Waals surface area contributed by atoms with E-state index < -0.39 is 0 Å². The van der Waals surface area contributed by atoms with E-state index in [-0.39, 0.29) is 28.4 Å². The zero-order valence-corrected chi connectivity index (χ0v) is 14.9. The Bertz CT molecular complexity index is 549. The van der Waals surface area contributed by atoms with Crippen LogP contribution in [0.15, 0.2) is 24.3 Å². The van der Waals surface area contributed by atoms with Gasteiger partial charge in [0.2, 0.25) is 5.69 Å². The van der Waals surface area contributed by atoms with Crippen LogP contribution in [0.4, 0.5) is 5.69 Å². The molecule has 21 heavy (non-hydrogen) atoms. The van der Waals surface area contributed by atoms with E-state index in [1.807, 2.05) is 6.92 Å². The van der Waals surface area contributed by atoms with Gasteiger partial charge < -0.3 is 21.7 Å². The lowest BCUT2D eigenvalue weighted by atomic mass is 9.82. The van der Waals surface area contributed by atoms with Crippen molar-refractivity contribution in [3.63, 3.8) is 0 Å². The van der Waals surface area contributed by atoms with Gasteiger partial charge in [-0.15, -0.1) is 0 Å². The van der Waals surface area contributed by atoms with E-state index in [1.165, 1.54) is 17.0 Å². The summed E-state index contributed by atoms with van der Waals surface area (Å²) in [6.07, 6.45) is 1.31. The predicted octanol–water partition coefficient (Wildman–Crippen LogP) is 0.430. The average molecular weight is 354 g/mol. The Kier molecular flexibility index (Phi) is 6.14. The molecule has 0 atom stereocenters. The zero-order chi connectivity index (χ0) is 14.8. The molecule has 0 N–H and O–H groups in total. The van der Waals surface area contributed by atoms with E-state index in [2.05, 4.69) is 49.6 Å². The lowest BCUT2D eigenvalue weighted by Gasteiger charge is -2.14. The smallest absolute Gasteiger partial charge is 0.306 e. The van der Waals surface area contributed by atoms with Gasteiger partial charge in [-0.2, -0.15) is 4.58 Å². The SMILES string of the molecule is CCOC(=O)CCC[N+]1=C(C)C(C)(C)c2ccccc21.[Br-]. The molecule has 0 radical (unpaired) electrons. The monoisotopic (exact) mass is 353 g/mol. The van der Waals surface area contributed by atoms with E-state index in [1.54, 1.807) is 0 Å². The maximum atomic E-state index is 11.4. The molecule has 1 aromatic carbocycles. The highest BCUT2D eigenvalue weighted by atomic mass is 79.9. The van der Waals surface area contributed by atoms with E-state index in [4.69, 9.17) is 4.74 Å². The minimum Gasteiger partial charge on any atom is -1.00 e. The van der Waals surface area contributed by atoms with Crippen molar-refractivity contribution in [1.82, 2.24) is 0 Å². The fourth-order valence-electron chi connectivity index (χ4n) is 2.85. The third-order valence-corrected chi connectivity index (χ3v) is 4.25. The van der Waals surface area contributed by atoms with Crippen LogP contribution < -0.4 is 17.0 Å². The fraction of sp³-hybridized carbons (Fsp3) is 0.529. The highest BCUT2D eigenvalue weighted by molar-refractivity contribution is 5.93. The summed E-state index contributed by atoms with van der Waals surface area (Å²) < 4.78 is 7.32. The first-order valence-corrected chi connectivity index (χ1v) is 7.35. The normalized spacial score (nSPS) is 15.4. The summed E-state index contributed by atoms with van der Waals surface area (Å²) in [6, 6.07) is 8.53. The summed E-state index contributed by atoms with van der Waals surface area (Å²) in [5, 5.41) is 0. The molecular formula is C17H24BrNO2. The topological polar surface area (TPSA) is 29.3 Å². The average Bonchev–Trinajstić information content (AvgIpc) is 2.61. The molecule has 0 fully saturated rings. The predicted molar refractivity (Wildman–Crippen MR) is 80.8 cm³/mol. The summed E-state index contributed by atoms with van der Waals surface area (Å²) in [7, 11) is 0. The molecule has 0 aliphatic carbocycles. The largest absolute Gasteiger partial charge is 1.00 e. The van der Waals surface area contributed by atoms with Crippen LogP contribution in [0.3, 0.4) is 0 Å². The summed E-state index contributed by atoms with van der Waals surface area (Å²) in [4.78, 5) is 11.4. The molecule has 0 bridgehead atoms. The van der Waals surface area contributed by atoms with Gasteiger partial charge in [0.05, 0.1) is 18.4 Å². The Morgan fingerprint density at radius 3 is 2.62 bits per heavy atom. The molecule has 0 saturated carbocycles. The third kappa shape index (κ3) is 3.54. The molecule has 0 amide bonds. The first kappa shape index (κ1) is 17.9. The molecule has 116 valence electrons. The van der Waals surface area contributed by atoms with Crippen molar-refractivity contribution in [3.05, 3.63) is 29.8 Å². The number of carbonyl (C=O) groups is 1. The molecule has 1 heterocycles. The Labute approximate surface area is 137 Å². The van der Waals surface area contributed by atoms with Crippen LogP contribution in [0.5, 0.6) is 0 Å². The van der Waals surface area contributed by atoms with Gasteiger partial charge in [0.15, 0.2) is 5.71 Å². The van der Waals surface area contributed by atoms with Gasteiger partial charge in [-0.3, -0.25) is 4.79 Å². The molecule has 3 nitrogen and oxygen atoms in total. The number of hydrogen-bond donors (Lipinski definition) is 0. The molecule has 0 spiro atoms. The van der Waals surface area contributed by atoms with Gasteiger partial charge in [-0.25, -0.2) is 0 Å². The van der Waals surface area contributed by atoms with Crippen molar-refractivity contribution < 1.29 is 31.1 Å². The molecular weight excluding hydrogens is 330 g/mol. The summed E-state index contributed by atoms with van der Waals surface area (Å²) in [6.45, 7) is 9.87. The van der Waals surface area contributed by atoms with Crippen LogP contribution in [0.25, 0.3) is 0 Å². The van der Waals surface area contributed by atoms with Crippen molar-refractivity contribution in [2.24, 2.45) is 0 Å². The number of nitrogens with zero attached hydrogens (tertiary/aromatic N) is 1. The van der Waals surface area contributed by atoms with Crippen LogP contribution in [0, 0.1) is 0 Å². The first-order chi connectivity index (χ1) is 9.48. The highest BCUT2D eigenvalue weighted by Crippen LogP contribution is 2.39. The summed E-state index contributed by atoms with van der Waals surface area (Å²) in [5.74, 6) is -0.100. The number of rotatable bonds is 5. The fourth-order valence-corrected chi connectivity index (χ4v) is 2.85. The van der Waals surface area contributed by atoms with Crippen LogP contribution in [0.2, 0.25) is 0 Å². The molecule has 1 aliphatic rings. The second-order valence-corrected chi connectivity index (χ2v) is 5.79. The van der Waals surface area contributed by atoms with E-state index in [0.717, 1.165) is 13.0 Å². The molecule has 0 saturated heterocycles. The van der Waals surface area contributed by atoms with E-state index in [9.17, 15) is 4.79 Å². The zero-order valence-electron chi connectivity index (χ0n) is 13.3. The lowest BCUT2D eigenvalue weighted by molar-refractivity contribution is -0.439. The summed E-state index contributed by atoms with van der Waals surface area (Å²) in [5.41, 5.74) is 4.07. The van der Waals surface area contributed by atoms with Crippen molar-refractivity contribution in [2.75, 3.05) is 13.2 Å². The van der Waals surface area contributed by atoms with Crippen molar-refractivity contribution in [3.8, 4) is 0 Å². The molecule has 2 rings (SSSR count). The number of ether oxygens (including phenoxy) is 1. The molecule has 4 heteroatoms. The van der Waals surface area contributed by atoms with Gasteiger partial charge in [-0.05, 0) is 20.8 Å². The standard InChI is InChI=1S/C17H24NO2.BrH/c1-5-20-16(19)11-8-12-18-13(2)17(3,4)14-9-6-7-10-15(14)18;/h6-7,9-10H,5,8,11-12H2,1-4H3;1H/q+1;/p-1. The molecule has 1 aromatic rings. The van der Waals surface area contributed by atoms with Gasteiger partial charge in [-0.1, -0.05) is 18.2 Å². The number of hydrogen-bond acceptors (Lipinski definition) is 2. The van der Waals surface area contributed by atoms with Crippen LogP contribution in [-0.4, -0.2) is 29.4 Å². The van der Waals surface area contributed by atoms with E-state index >= 15 is 0 Å². The summed E-state index contributed by atoms with van der Waals surface area (Å²) >= 11 is 0. The Morgan fingerprint density at radius 2 is 1.95 bits per heavy atom. The van der Waals surface area contributed by atoms with E-state index in [0.29, 0.717) is 13.0 Å². The maximum Gasteiger partial charge on any atom is 0.306 e. The molecule has 0 aromatic heterocycles. The Morgan fingerprint density at radius 1 is 1.29 bits per heavy atom. The lowest BCUT2D eigenvalue weighted by Crippen LogP contribution is -3.00. The second kappa shape index (κ2) is 7.21. The first-order valence-electron chi connectivity index (χ1n) is 7.35. The molecule has 0 unspecified atom stereocenters. The van der Waals surface area contributed by atoms with Crippen molar-refractivity contribution in [2.45, 2.75) is 46.0 Å². The van der Waals surface area contributed by atoms with Crippen LogP contribution >= 0.6 is 0 Å². The number of fused-ring (bicyclic) bond motifs is 1. The highest BCUT2D eigenvalue weighted by Gasteiger charge is 2.42. The van der Waals surface area contributed by atoms with Gasteiger partial charge in [0.25, 0.3) is 0 Å². The van der Waals surface area contributed by atoms with Gasteiger partial charge in [0, 0.05) is 25.0 Å². The minimum atomic E-state index is -0.100. The number of halogens is 1. The van der Waals surface area contributed by atoms with Gasteiger partial charge in [0.1, 0.15) is 6.54 Å². The van der Waals surface area contributed by atoms with Crippen LogP contribution in [-0.2, 0) is 14.9 Å². The number of esters is 1. The maximum absolute atomic E-state index is 11.4. The quantitative estimate of drug-likeness (QED) is 0.567.